The molecule has 0 unspecified atom stereocenters. The van der Waals surface area contributed by atoms with Crippen LogP contribution >= 0.6 is 22.9 Å². The highest BCUT2D eigenvalue weighted by molar-refractivity contribution is 7.18. The summed E-state index contributed by atoms with van der Waals surface area (Å²) in [5.74, 6) is 0. The van der Waals surface area contributed by atoms with Gasteiger partial charge in [0.1, 0.15) is 4.83 Å². The van der Waals surface area contributed by atoms with Crippen molar-refractivity contribution in [1.82, 2.24) is 9.55 Å². The number of ether oxygens (including phenoxy) is 1. The van der Waals surface area contributed by atoms with Crippen molar-refractivity contribution in [1.29, 1.82) is 0 Å². The van der Waals surface area contributed by atoms with Gasteiger partial charge in [0.2, 0.25) is 0 Å². The number of nitrogens with zero attached hydrogens (tertiary/aromatic N) is 2. The maximum Gasteiger partial charge on any atom is 0.262 e. The molecule has 0 saturated carbocycles. The number of halogens is 1. The molecule has 7 heteroatoms. The van der Waals surface area contributed by atoms with E-state index in [1.807, 2.05) is 32.9 Å². The highest BCUT2D eigenvalue weighted by Crippen LogP contribution is 2.25. The first-order valence-electron chi connectivity index (χ1n) is 8.37. The van der Waals surface area contributed by atoms with E-state index in [0.29, 0.717) is 10.4 Å². The van der Waals surface area contributed by atoms with Gasteiger partial charge < -0.3 is 9.84 Å². The lowest BCUT2D eigenvalue weighted by Gasteiger charge is -2.17. The highest BCUT2D eigenvalue weighted by atomic mass is 35.5. The molecule has 0 aliphatic heterocycles. The summed E-state index contributed by atoms with van der Waals surface area (Å²) in [4.78, 5) is 18.8. The average molecular weight is 393 g/mol. The van der Waals surface area contributed by atoms with Gasteiger partial charge >= 0.3 is 0 Å². The van der Waals surface area contributed by atoms with Crippen LogP contribution in [0.2, 0.25) is 5.02 Å². The summed E-state index contributed by atoms with van der Waals surface area (Å²) in [7, 11) is 0. The smallest absolute Gasteiger partial charge is 0.262 e. The van der Waals surface area contributed by atoms with Crippen LogP contribution < -0.4 is 5.56 Å². The normalized spacial score (nSPS) is 13.9. The van der Waals surface area contributed by atoms with Gasteiger partial charge in [0.15, 0.2) is 0 Å². The van der Waals surface area contributed by atoms with E-state index < -0.39 is 6.10 Å². The van der Waals surface area contributed by atoms with Crippen LogP contribution in [0.25, 0.3) is 10.2 Å². The van der Waals surface area contributed by atoms with Crippen molar-refractivity contribution in [3.63, 3.8) is 0 Å². The number of thiophene rings is 1. The third-order valence-corrected chi connectivity index (χ3v) is 5.81. The molecule has 0 bridgehead atoms. The number of aromatic nitrogens is 2. The summed E-state index contributed by atoms with van der Waals surface area (Å²) in [5.41, 5.74) is 1.81. The fourth-order valence-electron chi connectivity index (χ4n) is 2.77. The van der Waals surface area contributed by atoms with E-state index in [2.05, 4.69) is 4.98 Å². The summed E-state index contributed by atoms with van der Waals surface area (Å²) >= 11 is 7.40. The monoisotopic (exact) mass is 392 g/mol. The molecule has 0 radical (unpaired) electrons. The van der Waals surface area contributed by atoms with Crippen molar-refractivity contribution in [3.05, 3.63) is 62.0 Å². The first-order valence-corrected chi connectivity index (χ1v) is 9.56. The number of rotatable bonds is 6. The Balaban J connectivity index is 1.66. The summed E-state index contributed by atoms with van der Waals surface area (Å²) in [6.45, 7) is 6.08. The van der Waals surface area contributed by atoms with Gasteiger partial charge in [-0.2, -0.15) is 0 Å². The molecule has 0 amide bonds. The maximum absolute atomic E-state index is 12.7. The van der Waals surface area contributed by atoms with Gasteiger partial charge in [-0.25, -0.2) is 4.98 Å². The number of aryl methyl sites for hydroxylation is 2. The zero-order valence-corrected chi connectivity index (χ0v) is 16.5. The minimum atomic E-state index is -0.804. The Morgan fingerprint density at radius 2 is 2.00 bits per heavy atom. The molecule has 3 aromatic rings. The molecule has 1 aromatic carbocycles. The molecule has 5 nitrogen and oxygen atoms in total. The molecule has 1 N–H and O–H groups in total. The molecule has 0 saturated heterocycles. The van der Waals surface area contributed by atoms with Crippen LogP contribution in [0.3, 0.4) is 0 Å². The quantitative estimate of drug-likeness (QED) is 0.691. The Morgan fingerprint density at radius 1 is 1.31 bits per heavy atom. The molecule has 0 aliphatic carbocycles. The van der Waals surface area contributed by atoms with Crippen LogP contribution in [-0.2, 0) is 11.3 Å². The third-order valence-electron chi connectivity index (χ3n) is 4.44. The van der Waals surface area contributed by atoms with Gasteiger partial charge in [0.05, 0.1) is 37.1 Å². The molecule has 0 fully saturated rings. The largest absolute Gasteiger partial charge is 0.389 e. The van der Waals surface area contributed by atoms with Crippen LogP contribution in [0.15, 0.2) is 35.4 Å². The lowest BCUT2D eigenvalue weighted by molar-refractivity contribution is -0.00910. The van der Waals surface area contributed by atoms with Crippen molar-refractivity contribution < 1.29 is 9.84 Å². The van der Waals surface area contributed by atoms with Gasteiger partial charge in [-0.3, -0.25) is 9.36 Å². The minimum Gasteiger partial charge on any atom is -0.389 e. The number of fused-ring (bicyclic) bond motifs is 1. The Hall–Kier alpha value is -1.73. The fraction of sp³-hybridized carbons (Fsp3) is 0.368. The van der Waals surface area contributed by atoms with E-state index >= 15 is 0 Å². The van der Waals surface area contributed by atoms with E-state index in [0.717, 1.165) is 20.8 Å². The predicted octanol–water partition coefficient (Wildman–Crippen LogP) is 3.87. The zero-order chi connectivity index (χ0) is 18.8. The molecular weight excluding hydrogens is 372 g/mol. The maximum atomic E-state index is 12.7. The summed E-state index contributed by atoms with van der Waals surface area (Å²) in [5, 5.41) is 11.6. The van der Waals surface area contributed by atoms with Crippen LogP contribution in [0.1, 0.15) is 29.0 Å². The summed E-state index contributed by atoms with van der Waals surface area (Å²) in [6, 6.07) is 7.39. The number of aliphatic hydroxyl groups excluding tert-OH is 1. The van der Waals surface area contributed by atoms with Gasteiger partial charge in [0.25, 0.3) is 5.56 Å². The predicted molar refractivity (Wildman–Crippen MR) is 105 cm³/mol. The van der Waals surface area contributed by atoms with Crippen LogP contribution in [0.4, 0.5) is 0 Å². The number of hydrogen-bond acceptors (Lipinski definition) is 5. The molecule has 3 rings (SSSR count). The Labute approximate surface area is 160 Å². The second kappa shape index (κ2) is 7.88. The lowest BCUT2D eigenvalue weighted by Crippen LogP contribution is -2.29. The van der Waals surface area contributed by atoms with Gasteiger partial charge in [0, 0.05) is 9.90 Å². The SMILES string of the molecule is Cc1sc2ncn(C[C@@H](O)CO[C@@H](C)c3ccc(Cl)cc3)c(=O)c2c1C. The van der Waals surface area contributed by atoms with E-state index in [1.165, 1.54) is 22.2 Å². The summed E-state index contributed by atoms with van der Waals surface area (Å²) < 4.78 is 7.18. The molecule has 0 aliphatic rings. The molecule has 26 heavy (non-hydrogen) atoms. The minimum absolute atomic E-state index is 0.121. The van der Waals surface area contributed by atoms with Crippen molar-refractivity contribution in [2.75, 3.05) is 6.61 Å². The van der Waals surface area contributed by atoms with Crippen LogP contribution in [-0.4, -0.2) is 27.4 Å². The molecule has 138 valence electrons. The average Bonchev–Trinajstić information content (AvgIpc) is 2.91. The number of hydrogen-bond donors (Lipinski definition) is 1. The van der Waals surface area contributed by atoms with Crippen molar-refractivity contribution in [2.24, 2.45) is 0 Å². The van der Waals surface area contributed by atoms with Crippen LogP contribution in [0.5, 0.6) is 0 Å². The van der Waals surface area contributed by atoms with E-state index in [1.54, 1.807) is 12.1 Å². The third kappa shape index (κ3) is 3.99. The van der Waals surface area contributed by atoms with Gasteiger partial charge in [-0.05, 0) is 44.0 Å². The Bertz CT molecular complexity index is 965. The molecular formula is C19H21ClN2O3S. The Morgan fingerprint density at radius 3 is 2.69 bits per heavy atom. The molecule has 2 atom stereocenters. The second-order valence-corrected chi connectivity index (χ2v) is 7.99. The van der Waals surface area contributed by atoms with Crippen molar-refractivity contribution in [2.45, 2.75) is 39.5 Å². The van der Waals surface area contributed by atoms with E-state index in [4.69, 9.17) is 16.3 Å². The molecule has 2 heterocycles. The highest BCUT2D eigenvalue weighted by Gasteiger charge is 2.15. The number of aliphatic hydroxyl groups is 1. The second-order valence-electron chi connectivity index (χ2n) is 6.35. The van der Waals surface area contributed by atoms with Gasteiger partial charge in [-0.1, -0.05) is 23.7 Å². The van der Waals surface area contributed by atoms with Crippen LogP contribution in [0, 0.1) is 13.8 Å². The standard InChI is InChI=1S/C19H21ClN2O3S/c1-11-13(3)26-18-17(11)19(24)22(10-21-18)8-16(23)9-25-12(2)14-4-6-15(20)7-5-14/h4-7,10,12,16,23H,8-9H2,1-3H3/t12-,16+/m0/s1. The van der Waals surface area contributed by atoms with E-state index in [-0.39, 0.29) is 24.8 Å². The first kappa shape index (κ1) is 19.0. The topological polar surface area (TPSA) is 64.3 Å². The zero-order valence-electron chi connectivity index (χ0n) is 14.9. The lowest BCUT2D eigenvalue weighted by atomic mass is 10.1. The van der Waals surface area contributed by atoms with Crippen molar-refractivity contribution >= 4 is 33.2 Å². The fourth-order valence-corrected chi connectivity index (χ4v) is 3.88. The first-order chi connectivity index (χ1) is 12.4. The number of benzene rings is 1. The van der Waals surface area contributed by atoms with Gasteiger partial charge in [-0.15, -0.1) is 11.3 Å². The van der Waals surface area contributed by atoms with Crippen molar-refractivity contribution in [3.8, 4) is 0 Å². The Kier molecular flexibility index (Phi) is 5.77. The summed E-state index contributed by atoms with van der Waals surface area (Å²) in [6.07, 6.45) is 0.508. The molecule has 2 aromatic heterocycles. The molecule has 0 spiro atoms. The van der Waals surface area contributed by atoms with E-state index in [9.17, 15) is 9.90 Å².